The van der Waals surface area contributed by atoms with Crippen LogP contribution in [0.1, 0.15) is 38.2 Å². The van der Waals surface area contributed by atoms with Gasteiger partial charge in [0.1, 0.15) is 0 Å². The molecule has 1 N–H and O–H groups in total. The molecule has 0 saturated carbocycles. The molecule has 1 aromatic carbocycles. The van der Waals surface area contributed by atoms with Gasteiger partial charge in [-0.25, -0.2) is 0 Å². The Morgan fingerprint density at radius 2 is 2.00 bits per heavy atom. The predicted molar refractivity (Wildman–Crippen MR) is 70.2 cm³/mol. The Bertz CT molecular complexity index is 337. The van der Waals surface area contributed by atoms with Gasteiger partial charge in [-0.2, -0.15) is 0 Å². The molecule has 0 atom stereocenters. The molecule has 3 heteroatoms. The zero-order valence-electron chi connectivity index (χ0n) is 9.92. The molecule has 0 aliphatic carbocycles. The summed E-state index contributed by atoms with van der Waals surface area (Å²) in [6.45, 7) is 2.20. The van der Waals surface area contributed by atoms with E-state index in [1.807, 2.05) is 6.07 Å². The first kappa shape index (κ1) is 13.4. The van der Waals surface area contributed by atoms with Crippen LogP contribution >= 0.6 is 15.9 Å². The van der Waals surface area contributed by atoms with Crippen molar-refractivity contribution in [3.05, 3.63) is 22.2 Å². The van der Waals surface area contributed by atoms with E-state index < -0.39 is 0 Å². The number of rotatable bonds is 6. The van der Waals surface area contributed by atoms with Crippen LogP contribution in [0.2, 0.25) is 0 Å². The number of phenolic OH excluding ortho intramolecular Hbond substituents is 1. The predicted octanol–water partition coefficient (Wildman–Crippen LogP) is 4.29. The van der Waals surface area contributed by atoms with Crippen LogP contribution in [0.15, 0.2) is 16.6 Å². The lowest BCUT2D eigenvalue weighted by molar-refractivity contribution is 0.372. The van der Waals surface area contributed by atoms with Crippen LogP contribution in [0.4, 0.5) is 0 Å². The molecule has 1 aromatic rings. The summed E-state index contributed by atoms with van der Waals surface area (Å²) in [7, 11) is 1.56. The van der Waals surface area contributed by atoms with Gasteiger partial charge in [-0.3, -0.25) is 0 Å². The van der Waals surface area contributed by atoms with Gasteiger partial charge in [0, 0.05) is 4.47 Å². The molecule has 0 radical (unpaired) electrons. The number of methoxy groups -OCH3 is 1. The van der Waals surface area contributed by atoms with Gasteiger partial charge in [0.05, 0.1) is 7.11 Å². The molecule has 0 bridgehead atoms. The zero-order chi connectivity index (χ0) is 12.0. The van der Waals surface area contributed by atoms with Crippen LogP contribution in [0.25, 0.3) is 0 Å². The first-order valence-electron chi connectivity index (χ1n) is 5.74. The van der Waals surface area contributed by atoms with Crippen molar-refractivity contribution in [2.45, 2.75) is 39.0 Å². The zero-order valence-corrected chi connectivity index (χ0v) is 11.5. The minimum absolute atomic E-state index is 0.219. The van der Waals surface area contributed by atoms with E-state index in [1.54, 1.807) is 13.2 Å². The minimum atomic E-state index is 0.219. The van der Waals surface area contributed by atoms with Crippen LogP contribution in [0.3, 0.4) is 0 Å². The van der Waals surface area contributed by atoms with Crippen molar-refractivity contribution in [3.63, 3.8) is 0 Å². The minimum Gasteiger partial charge on any atom is -0.504 e. The third-order valence-electron chi connectivity index (χ3n) is 2.65. The molecule has 0 unspecified atom stereocenters. The van der Waals surface area contributed by atoms with Crippen molar-refractivity contribution < 1.29 is 9.84 Å². The molecule has 0 fully saturated rings. The summed E-state index contributed by atoms with van der Waals surface area (Å²) >= 11 is 3.50. The molecule has 0 saturated heterocycles. The molecule has 0 aliphatic heterocycles. The van der Waals surface area contributed by atoms with Crippen LogP contribution in [0.5, 0.6) is 11.5 Å². The quantitative estimate of drug-likeness (QED) is 0.791. The first-order valence-corrected chi connectivity index (χ1v) is 6.53. The van der Waals surface area contributed by atoms with Gasteiger partial charge in [-0.15, -0.1) is 0 Å². The maximum atomic E-state index is 9.67. The number of hydrogen-bond donors (Lipinski definition) is 1. The highest BCUT2D eigenvalue weighted by Gasteiger charge is 2.07. The van der Waals surface area contributed by atoms with Gasteiger partial charge < -0.3 is 9.84 Å². The molecule has 0 amide bonds. The van der Waals surface area contributed by atoms with Crippen LogP contribution in [0, 0.1) is 0 Å². The summed E-state index contributed by atoms with van der Waals surface area (Å²) in [6, 6.07) is 3.61. The Labute approximate surface area is 106 Å². The lowest BCUT2D eigenvalue weighted by Gasteiger charge is -2.09. The molecule has 0 aliphatic rings. The molecule has 1 rings (SSSR count). The summed E-state index contributed by atoms with van der Waals surface area (Å²) in [5.74, 6) is 0.736. The van der Waals surface area contributed by atoms with Gasteiger partial charge in [0.25, 0.3) is 0 Å². The highest BCUT2D eigenvalue weighted by Crippen LogP contribution is 2.33. The van der Waals surface area contributed by atoms with Crippen molar-refractivity contribution >= 4 is 15.9 Å². The monoisotopic (exact) mass is 286 g/mol. The molecular weight excluding hydrogens is 268 g/mol. The Balaban J connectivity index is 2.63. The fourth-order valence-corrected chi connectivity index (χ4v) is 2.20. The van der Waals surface area contributed by atoms with Crippen molar-refractivity contribution in [1.29, 1.82) is 0 Å². The summed E-state index contributed by atoms with van der Waals surface area (Å²) in [5.41, 5.74) is 1.15. The van der Waals surface area contributed by atoms with Crippen molar-refractivity contribution in [1.82, 2.24) is 0 Å². The normalized spacial score (nSPS) is 10.4. The largest absolute Gasteiger partial charge is 0.504 e. The second-order valence-corrected chi connectivity index (χ2v) is 4.78. The fraction of sp³-hybridized carbons (Fsp3) is 0.538. The lowest BCUT2D eigenvalue weighted by atomic mass is 10.1. The molecule has 0 aromatic heterocycles. The highest BCUT2D eigenvalue weighted by atomic mass is 79.9. The summed E-state index contributed by atoms with van der Waals surface area (Å²) < 4.78 is 6.06. The lowest BCUT2D eigenvalue weighted by Crippen LogP contribution is -1.90. The van der Waals surface area contributed by atoms with Gasteiger partial charge >= 0.3 is 0 Å². The fourth-order valence-electron chi connectivity index (χ4n) is 1.68. The van der Waals surface area contributed by atoms with Gasteiger partial charge in [0.15, 0.2) is 11.5 Å². The van der Waals surface area contributed by atoms with E-state index in [0.717, 1.165) is 22.9 Å². The van der Waals surface area contributed by atoms with Crippen molar-refractivity contribution in [2.75, 3.05) is 7.11 Å². The van der Waals surface area contributed by atoms with E-state index in [9.17, 15) is 5.11 Å². The van der Waals surface area contributed by atoms with Crippen molar-refractivity contribution in [2.24, 2.45) is 0 Å². The van der Waals surface area contributed by atoms with E-state index in [2.05, 4.69) is 22.9 Å². The van der Waals surface area contributed by atoms with Gasteiger partial charge in [-0.05, 0) is 30.5 Å². The Hall–Kier alpha value is -0.700. The maximum absolute atomic E-state index is 9.67. The topological polar surface area (TPSA) is 29.5 Å². The van der Waals surface area contributed by atoms with E-state index in [1.165, 1.54) is 19.3 Å². The standard InChI is InChI=1S/C13H19BrO2/c1-3-4-5-6-7-10-8-12(15)13(16-2)9-11(10)14/h8-9,15H,3-7H2,1-2H3. The van der Waals surface area contributed by atoms with Crippen LogP contribution in [-0.4, -0.2) is 12.2 Å². The number of aryl methyl sites for hydroxylation is 1. The second kappa shape index (κ2) is 6.79. The number of benzene rings is 1. The average Bonchev–Trinajstić information content (AvgIpc) is 2.28. The number of halogens is 1. The number of phenols is 1. The van der Waals surface area contributed by atoms with E-state index >= 15 is 0 Å². The third-order valence-corrected chi connectivity index (χ3v) is 3.39. The van der Waals surface area contributed by atoms with Crippen molar-refractivity contribution in [3.8, 4) is 11.5 Å². The summed E-state index contributed by atoms with van der Waals surface area (Å²) in [5, 5.41) is 9.67. The van der Waals surface area contributed by atoms with Crippen LogP contribution < -0.4 is 4.74 Å². The molecule has 16 heavy (non-hydrogen) atoms. The number of hydrogen-bond acceptors (Lipinski definition) is 2. The Morgan fingerprint density at radius 3 is 2.62 bits per heavy atom. The number of unbranched alkanes of at least 4 members (excludes halogenated alkanes) is 3. The molecule has 90 valence electrons. The van der Waals surface area contributed by atoms with Gasteiger partial charge in [-0.1, -0.05) is 42.1 Å². The smallest absolute Gasteiger partial charge is 0.161 e. The molecule has 2 nitrogen and oxygen atoms in total. The molecule has 0 heterocycles. The average molecular weight is 287 g/mol. The van der Waals surface area contributed by atoms with Gasteiger partial charge in [0.2, 0.25) is 0 Å². The van der Waals surface area contributed by atoms with E-state index in [4.69, 9.17) is 4.74 Å². The maximum Gasteiger partial charge on any atom is 0.161 e. The molecular formula is C13H19BrO2. The van der Waals surface area contributed by atoms with E-state index in [0.29, 0.717) is 5.75 Å². The summed E-state index contributed by atoms with van der Waals surface area (Å²) in [6.07, 6.45) is 5.93. The first-order chi connectivity index (χ1) is 7.69. The molecule has 0 spiro atoms. The van der Waals surface area contributed by atoms with Crippen LogP contribution in [-0.2, 0) is 6.42 Å². The second-order valence-electron chi connectivity index (χ2n) is 3.93. The number of ether oxygens (including phenoxy) is 1. The number of aromatic hydroxyl groups is 1. The highest BCUT2D eigenvalue weighted by molar-refractivity contribution is 9.10. The summed E-state index contributed by atoms with van der Waals surface area (Å²) in [4.78, 5) is 0. The third kappa shape index (κ3) is 3.71. The van der Waals surface area contributed by atoms with E-state index in [-0.39, 0.29) is 5.75 Å². The Morgan fingerprint density at radius 1 is 1.25 bits per heavy atom. The Kier molecular flexibility index (Phi) is 5.67. The SMILES string of the molecule is CCCCCCc1cc(O)c(OC)cc1Br.